The quantitative estimate of drug-likeness (QED) is 0.479. The van der Waals surface area contributed by atoms with Crippen molar-refractivity contribution in [1.82, 2.24) is 4.98 Å². The smallest absolute Gasteiger partial charge is 0.269 e. The highest BCUT2D eigenvalue weighted by Crippen LogP contribution is 2.37. The first-order valence-electron chi connectivity index (χ1n) is 9.40. The zero-order valence-electron chi connectivity index (χ0n) is 16.7. The molecule has 9 nitrogen and oxygen atoms in total. The third-order valence-electron chi connectivity index (χ3n) is 4.75. The van der Waals surface area contributed by atoms with E-state index < -0.39 is 16.9 Å². The van der Waals surface area contributed by atoms with E-state index >= 15 is 0 Å². The molecule has 2 heterocycles. The Morgan fingerprint density at radius 2 is 2.03 bits per heavy atom. The van der Waals surface area contributed by atoms with Gasteiger partial charge in [0, 0.05) is 28.8 Å². The first-order chi connectivity index (χ1) is 14.8. The van der Waals surface area contributed by atoms with Crippen molar-refractivity contribution in [3.8, 4) is 17.0 Å². The average molecular weight is 438 g/mol. The largest absolute Gasteiger partial charge is 0.479 e. The van der Waals surface area contributed by atoms with Crippen molar-refractivity contribution in [2.24, 2.45) is 0 Å². The second kappa shape index (κ2) is 8.15. The number of nitrogens with one attached hydrogen (secondary N) is 1. The summed E-state index contributed by atoms with van der Waals surface area (Å²) in [6.45, 7) is 3.32. The minimum absolute atomic E-state index is 0.0751. The molecule has 0 aliphatic carbocycles. The molecule has 0 fully saturated rings. The third kappa shape index (κ3) is 4.24. The summed E-state index contributed by atoms with van der Waals surface area (Å²) in [5.41, 5.74) is 2.41. The molecule has 0 saturated heterocycles. The van der Waals surface area contributed by atoms with Gasteiger partial charge in [-0.05, 0) is 44.2 Å². The average Bonchev–Trinajstić information content (AvgIpc) is 3.18. The number of non-ortho nitro benzene ring substituents is 1. The summed E-state index contributed by atoms with van der Waals surface area (Å²) in [7, 11) is 0. The molecule has 0 radical (unpaired) electrons. The molecular weight excluding hydrogens is 420 g/mol. The lowest BCUT2D eigenvalue weighted by molar-refractivity contribution is -0.384. The van der Waals surface area contributed by atoms with Crippen LogP contribution in [-0.2, 0) is 9.59 Å². The Labute approximate surface area is 181 Å². The number of carbonyl (C=O) groups excluding carboxylic acids is 2. The van der Waals surface area contributed by atoms with Gasteiger partial charge >= 0.3 is 0 Å². The summed E-state index contributed by atoms with van der Waals surface area (Å²) in [5, 5.41) is 16.3. The number of nitro benzene ring substituents is 1. The number of hydrogen-bond donors (Lipinski definition) is 1. The Kier molecular flexibility index (Phi) is 5.38. The number of fused-ring (bicyclic) bond motifs is 1. The van der Waals surface area contributed by atoms with Crippen molar-refractivity contribution < 1.29 is 19.2 Å². The molecule has 1 N–H and O–H groups in total. The number of ether oxygens (including phenoxy) is 1. The van der Waals surface area contributed by atoms with Crippen LogP contribution in [0.25, 0.3) is 11.3 Å². The SMILES string of the molecule is Cc1nc(-c2ccc3c(c2)N(CC(=O)Nc2ccc([N+](=O)[O-])cc2)C(=O)C(C)O3)cs1. The van der Waals surface area contributed by atoms with E-state index in [-0.39, 0.29) is 18.1 Å². The van der Waals surface area contributed by atoms with E-state index in [0.29, 0.717) is 17.1 Å². The van der Waals surface area contributed by atoms with Crippen LogP contribution in [0.1, 0.15) is 11.9 Å². The molecule has 2 aromatic carbocycles. The van der Waals surface area contributed by atoms with E-state index in [4.69, 9.17) is 4.74 Å². The van der Waals surface area contributed by atoms with Crippen molar-refractivity contribution in [2.75, 3.05) is 16.8 Å². The molecule has 0 bridgehead atoms. The zero-order chi connectivity index (χ0) is 22.1. The minimum Gasteiger partial charge on any atom is -0.479 e. The molecule has 31 heavy (non-hydrogen) atoms. The second-order valence-corrected chi connectivity index (χ2v) is 8.03. The number of benzene rings is 2. The van der Waals surface area contributed by atoms with Crippen molar-refractivity contribution >= 4 is 40.2 Å². The van der Waals surface area contributed by atoms with Crippen LogP contribution in [0.3, 0.4) is 0 Å². The summed E-state index contributed by atoms with van der Waals surface area (Å²) in [6.07, 6.45) is -0.730. The highest BCUT2D eigenvalue weighted by atomic mass is 32.1. The van der Waals surface area contributed by atoms with Gasteiger partial charge in [-0.1, -0.05) is 0 Å². The van der Waals surface area contributed by atoms with Gasteiger partial charge in [0.05, 0.1) is 21.3 Å². The Morgan fingerprint density at radius 3 is 2.68 bits per heavy atom. The topological polar surface area (TPSA) is 115 Å². The van der Waals surface area contributed by atoms with Gasteiger partial charge in [0.1, 0.15) is 12.3 Å². The standard InChI is InChI=1S/C21H18N4O5S/c1-12-21(27)24(10-20(26)23-15-4-6-16(7-5-15)25(28)29)18-9-14(3-8-19(18)30-12)17-11-31-13(2)22-17/h3-9,11-12H,10H2,1-2H3,(H,23,26). The Balaban J connectivity index is 1.58. The molecule has 3 aromatic rings. The van der Waals surface area contributed by atoms with Crippen LogP contribution in [0.4, 0.5) is 17.1 Å². The minimum atomic E-state index is -0.730. The van der Waals surface area contributed by atoms with Gasteiger partial charge in [-0.2, -0.15) is 0 Å². The van der Waals surface area contributed by atoms with Gasteiger partial charge in [0.15, 0.2) is 6.10 Å². The lowest BCUT2D eigenvalue weighted by atomic mass is 10.1. The van der Waals surface area contributed by atoms with E-state index in [0.717, 1.165) is 16.3 Å². The van der Waals surface area contributed by atoms with Crippen LogP contribution in [0.15, 0.2) is 47.8 Å². The monoisotopic (exact) mass is 438 g/mol. The molecule has 1 atom stereocenters. The van der Waals surface area contributed by atoms with Crippen LogP contribution in [0, 0.1) is 17.0 Å². The summed E-state index contributed by atoms with van der Waals surface area (Å²) in [4.78, 5) is 41.5. The highest BCUT2D eigenvalue weighted by Gasteiger charge is 2.33. The predicted molar refractivity (Wildman–Crippen MR) is 116 cm³/mol. The molecule has 158 valence electrons. The van der Waals surface area contributed by atoms with Crippen LogP contribution < -0.4 is 15.0 Å². The summed E-state index contributed by atoms with van der Waals surface area (Å²) in [5.74, 6) is -0.263. The Hall–Kier alpha value is -3.79. The van der Waals surface area contributed by atoms with Crippen molar-refractivity contribution in [3.05, 3.63) is 63.0 Å². The normalized spacial score (nSPS) is 15.2. The van der Waals surface area contributed by atoms with Gasteiger partial charge in [-0.25, -0.2) is 4.98 Å². The number of rotatable bonds is 5. The molecule has 1 unspecified atom stereocenters. The van der Waals surface area contributed by atoms with Crippen LogP contribution in [0.2, 0.25) is 0 Å². The maximum atomic E-state index is 12.8. The van der Waals surface area contributed by atoms with E-state index in [1.54, 1.807) is 19.1 Å². The van der Waals surface area contributed by atoms with Gasteiger partial charge in [-0.3, -0.25) is 24.6 Å². The summed E-state index contributed by atoms with van der Waals surface area (Å²) >= 11 is 1.52. The highest BCUT2D eigenvalue weighted by molar-refractivity contribution is 7.09. The number of carbonyl (C=O) groups is 2. The molecule has 10 heteroatoms. The molecule has 1 aromatic heterocycles. The molecule has 0 spiro atoms. The van der Waals surface area contributed by atoms with Gasteiger partial charge < -0.3 is 10.1 Å². The second-order valence-electron chi connectivity index (χ2n) is 6.97. The zero-order valence-corrected chi connectivity index (χ0v) is 17.5. The fourth-order valence-corrected chi connectivity index (χ4v) is 3.86. The van der Waals surface area contributed by atoms with Crippen LogP contribution >= 0.6 is 11.3 Å². The van der Waals surface area contributed by atoms with Crippen molar-refractivity contribution in [2.45, 2.75) is 20.0 Å². The molecular formula is C21H18N4O5S. The summed E-state index contributed by atoms with van der Waals surface area (Å²) in [6, 6.07) is 10.9. The first kappa shape index (κ1) is 20.5. The number of thiazole rings is 1. The molecule has 1 aliphatic heterocycles. The number of aryl methyl sites for hydroxylation is 1. The van der Waals surface area contributed by atoms with Gasteiger partial charge in [0.25, 0.3) is 11.6 Å². The lowest BCUT2D eigenvalue weighted by Gasteiger charge is -2.32. The molecule has 1 aliphatic rings. The maximum absolute atomic E-state index is 12.8. The van der Waals surface area contributed by atoms with E-state index in [1.807, 2.05) is 18.4 Å². The van der Waals surface area contributed by atoms with E-state index in [1.165, 1.54) is 40.5 Å². The van der Waals surface area contributed by atoms with Crippen molar-refractivity contribution in [1.29, 1.82) is 0 Å². The Morgan fingerprint density at radius 1 is 1.29 bits per heavy atom. The number of anilines is 2. The molecule has 4 rings (SSSR count). The third-order valence-corrected chi connectivity index (χ3v) is 5.52. The number of nitrogens with zero attached hydrogens (tertiary/aromatic N) is 3. The number of amides is 2. The maximum Gasteiger partial charge on any atom is 0.269 e. The van der Waals surface area contributed by atoms with Crippen LogP contribution in [-0.4, -0.2) is 34.4 Å². The predicted octanol–water partition coefficient (Wildman–Crippen LogP) is 3.78. The van der Waals surface area contributed by atoms with Gasteiger partial charge in [-0.15, -0.1) is 11.3 Å². The van der Waals surface area contributed by atoms with E-state index in [2.05, 4.69) is 10.3 Å². The summed E-state index contributed by atoms with van der Waals surface area (Å²) < 4.78 is 5.70. The molecule has 0 saturated carbocycles. The number of aromatic nitrogens is 1. The number of hydrogen-bond acceptors (Lipinski definition) is 7. The molecule has 2 amide bonds. The van der Waals surface area contributed by atoms with Crippen molar-refractivity contribution in [3.63, 3.8) is 0 Å². The fourth-order valence-electron chi connectivity index (χ4n) is 3.24. The van der Waals surface area contributed by atoms with Crippen LogP contribution in [0.5, 0.6) is 5.75 Å². The Bertz CT molecular complexity index is 1170. The fraction of sp³-hybridized carbons (Fsp3) is 0.190. The number of nitro groups is 1. The van der Waals surface area contributed by atoms with E-state index in [9.17, 15) is 19.7 Å². The first-order valence-corrected chi connectivity index (χ1v) is 10.3. The van der Waals surface area contributed by atoms with Gasteiger partial charge in [0.2, 0.25) is 5.91 Å². The lowest BCUT2D eigenvalue weighted by Crippen LogP contribution is -2.47.